The first-order valence-corrected chi connectivity index (χ1v) is 9.10. The number of para-hydroxylation sites is 1. The Balaban J connectivity index is 1.97. The molecule has 1 aliphatic rings. The molecule has 0 saturated carbocycles. The van der Waals surface area contributed by atoms with E-state index in [1.807, 2.05) is 36.1 Å². The van der Waals surface area contributed by atoms with E-state index in [1.54, 1.807) is 0 Å². The highest BCUT2D eigenvalue weighted by atomic mass is 35.5. The third-order valence-corrected chi connectivity index (χ3v) is 5.88. The van der Waals surface area contributed by atoms with Crippen molar-refractivity contribution >= 4 is 34.1 Å². The van der Waals surface area contributed by atoms with Crippen LogP contribution in [0.25, 0.3) is 10.9 Å². The molecule has 1 atom stereocenters. The second-order valence-electron chi connectivity index (χ2n) is 6.94. The first-order chi connectivity index (χ1) is 12.4. The average Bonchev–Trinajstić information content (AvgIpc) is 3.02. The predicted octanol–water partition coefficient (Wildman–Crippen LogP) is 5.56. The van der Waals surface area contributed by atoms with Crippen LogP contribution in [0.4, 0.5) is 5.69 Å². The number of nitrogens with zero attached hydrogens (tertiary/aromatic N) is 2. The van der Waals surface area contributed by atoms with Crippen LogP contribution in [-0.2, 0) is 11.8 Å². The molecule has 132 valence electrons. The topological polar surface area (TPSA) is 25.2 Å². The maximum Gasteiger partial charge on any atom is 0.254 e. The summed E-state index contributed by atoms with van der Waals surface area (Å²) in [5.74, 6) is 0.0576. The van der Waals surface area contributed by atoms with Gasteiger partial charge in [0.05, 0.1) is 6.04 Å². The molecule has 0 aliphatic carbocycles. The Morgan fingerprint density at radius 2 is 1.62 bits per heavy atom. The van der Waals surface area contributed by atoms with Gasteiger partial charge in [0.1, 0.15) is 0 Å². The highest BCUT2D eigenvalue weighted by Crippen LogP contribution is 2.45. The number of carbonyl (C=O) groups excluding carboxylic acids is 1. The average molecular weight is 365 g/mol. The molecule has 3 aromatic rings. The molecule has 0 radical (unpaired) electrons. The first-order valence-electron chi connectivity index (χ1n) is 8.72. The van der Waals surface area contributed by atoms with Crippen molar-refractivity contribution in [3.05, 3.63) is 76.0 Å². The Kier molecular flexibility index (Phi) is 3.92. The fourth-order valence-corrected chi connectivity index (χ4v) is 4.10. The molecule has 4 rings (SSSR count). The molecular formula is C22H21ClN2O. The summed E-state index contributed by atoms with van der Waals surface area (Å²) in [4.78, 5) is 15.0. The lowest BCUT2D eigenvalue weighted by atomic mass is 9.96. The molecule has 2 aromatic carbocycles. The molecule has 1 unspecified atom stereocenters. The largest absolute Gasteiger partial charge is 0.348 e. The van der Waals surface area contributed by atoms with Gasteiger partial charge in [0.2, 0.25) is 0 Å². The maximum absolute atomic E-state index is 13.1. The molecule has 0 saturated heterocycles. The second kappa shape index (κ2) is 6.03. The van der Waals surface area contributed by atoms with Crippen LogP contribution in [0.2, 0.25) is 5.02 Å². The van der Waals surface area contributed by atoms with Gasteiger partial charge in [-0.1, -0.05) is 29.8 Å². The Morgan fingerprint density at radius 1 is 0.962 bits per heavy atom. The Morgan fingerprint density at radius 3 is 2.31 bits per heavy atom. The number of amides is 1. The number of halogens is 1. The molecule has 1 aliphatic heterocycles. The summed E-state index contributed by atoms with van der Waals surface area (Å²) in [5.41, 5.74) is 6.34. The van der Waals surface area contributed by atoms with Crippen LogP contribution in [0.1, 0.15) is 31.1 Å². The van der Waals surface area contributed by atoms with E-state index in [0.29, 0.717) is 5.02 Å². The van der Waals surface area contributed by atoms with E-state index in [2.05, 4.69) is 49.7 Å². The van der Waals surface area contributed by atoms with Crippen molar-refractivity contribution in [3.8, 4) is 0 Å². The molecule has 0 fully saturated rings. The van der Waals surface area contributed by atoms with Gasteiger partial charge in [-0.3, -0.25) is 9.69 Å². The smallest absolute Gasteiger partial charge is 0.254 e. The van der Waals surface area contributed by atoms with E-state index in [-0.39, 0.29) is 11.9 Å². The maximum atomic E-state index is 13.1. The van der Waals surface area contributed by atoms with Crippen molar-refractivity contribution in [2.75, 3.05) is 4.90 Å². The Bertz CT molecular complexity index is 1060. The van der Waals surface area contributed by atoms with Gasteiger partial charge in [-0.15, -0.1) is 0 Å². The van der Waals surface area contributed by atoms with Gasteiger partial charge in [0.15, 0.2) is 0 Å². The number of rotatable bonds is 2. The van der Waals surface area contributed by atoms with Crippen molar-refractivity contribution in [1.29, 1.82) is 0 Å². The van der Waals surface area contributed by atoms with E-state index in [4.69, 9.17) is 11.6 Å². The molecule has 1 amide bonds. The van der Waals surface area contributed by atoms with Gasteiger partial charge in [0, 0.05) is 45.5 Å². The minimum atomic E-state index is -0.102. The first kappa shape index (κ1) is 16.9. The molecular weight excluding hydrogens is 344 g/mol. The van der Waals surface area contributed by atoms with Crippen LogP contribution in [-0.4, -0.2) is 10.5 Å². The molecule has 0 spiro atoms. The van der Waals surface area contributed by atoms with Gasteiger partial charge < -0.3 is 4.57 Å². The number of hydrogen-bond acceptors (Lipinski definition) is 1. The van der Waals surface area contributed by atoms with Crippen molar-refractivity contribution in [3.63, 3.8) is 0 Å². The van der Waals surface area contributed by atoms with Gasteiger partial charge in [-0.05, 0) is 56.7 Å². The molecule has 1 aromatic heterocycles. The number of carbonyl (C=O) groups is 1. The van der Waals surface area contributed by atoms with Crippen LogP contribution in [0.5, 0.6) is 0 Å². The third kappa shape index (κ3) is 2.31. The minimum Gasteiger partial charge on any atom is -0.348 e. The summed E-state index contributed by atoms with van der Waals surface area (Å²) >= 11 is 6.05. The van der Waals surface area contributed by atoms with Crippen LogP contribution >= 0.6 is 11.6 Å². The minimum absolute atomic E-state index is 0.0576. The van der Waals surface area contributed by atoms with Crippen molar-refractivity contribution in [1.82, 2.24) is 4.57 Å². The van der Waals surface area contributed by atoms with E-state index in [0.717, 1.165) is 16.8 Å². The predicted molar refractivity (Wildman–Crippen MR) is 108 cm³/mol. The third-order valence-electron chi connectivity index (χ3n) is 5.63. The van der Waals surface area contributed by atoms with Gasteiger partial charge in [-0.25, -0.2) is 0 Å². The molecule has 0 N–H and O–H groups in total. The zero-order chi connectivity index (χ0) is 18.6. The highest BCUT2D eigenvalue weighted by Gasteiger charge is 2.39. The molecule has 26 heavy (non-hydrogen) atoms. The quantitative estimate of drug-likeness (QED) is 0.584. The summed E-state index contributed by atoms with van der Waals surface area (Å²) in [5, 5.41) is 1.86. The summed E-state index contributed by atoms with van der Waals surface area (Å²) in [6.45, 7) is 6.11. The monoisotopic (exact) mass is 364 g/mol. The van der Waals surface area contributed by atoms with Gasteiger partial charge in [-0.2, -0.15) is 0 Å². The number of aryl methyl sites for hydroxylation is 1. The van der Waals surface area contributed by atoms with E-state index < -0.39 is 0 Å². The standard InChI is InChI=1S/C22H21ClN2O/c1-13-14(2)22(26)25(17-11-9-16(23)10-12-17)21(13)20-15(3)24(4)19-8-6-5-7-18(19)20/h5-12,21H,1-4H3. The van der Waals surface area contributed by atoms with E-state index in [1.165, 1.54) is 22.2 Å². The summed E-state index contributed by atoms with van der Waals surface area (Å²) < 4.78 is 2.20. The molecule has 2 heterocycles. The lowest BCUT2D eigenvalue weighted by Crippen LogP contribution is -2.30. The van der Waals surface area contributed by atoms with E-state index >= 15 is 0 Å². The lowest BCUT2D eigenvalue weighted by Gasteiger charge is -2.27. The zero-order valence-corrected chi connectivity index (χ0v) is 16.1. The Labute approximate surface area is 158 Å². The number of fused-ring (bicyclic) bond motifs is 1. The SMILES string of the molecule is CC1=C(C)C(c2c(C)n(C)c3ccccc23)N(c2ccc(Cl)cc2)C1=O. The fraction of sp³-hybridized carbons (Fsp3) is 0.227. The van der Waals surface area contributed by atoms with Gasteiger partial charge in [0.25, 0.3) is 5.91 Å². The summed E-state index contributed by atoms with van der Waals surface area (Å²) in [6, 6.07) is 15.8. The van der Waals surface area contributed by atoms with E-state index in [9.17, 15) is 4.79 Å². The summed E-state index contributed by atoms with van der Waals surface area (Å²) in [6.07, 6.45) is 0. The zero-order valence-electron chi connectivity index (χ0n) is 15.4. The number of anilines is 1. The number of benzene rings is 2. The number of hydrogen-bond donors (Lipinski definition) is 0. The normalized spacial score (nSPS) is 17.7. The molecule has 4 heteroatoms. The van der Waals surface area contributed by atoms with Crippen molar-refractivity contribution < 1.29 is 4.79 Å². The van der Waals surface area contributed by atoms with Crippen molar-refractivity contribution in [2.24, 2.45) is 7.05 Å². The Hall–Kier alpha value is -2.52. The van der Waals surface area contributed by atoms with Crippen LogP contribution in [0, 0.1) is 6.92 Å². The van der Waals surface area contributed by atoms with Crippen molar-refractivity contribution in [2.45, 2.75) is 26.8 Å². The molecule has 0 bridgehead atoms. The molecule has 3 nitrogen and oxygen atoms in total. The van der Waals surface area contributed by atoms with Crippen LogP contribution < -0.4 is 4.90 Å². The number of aromatic nitrogens is 1. The van der Waals surface area contributed by atoms with Crippen LogP contribution in [0.3, 0.4) is 0 Å². The lowest BCUT2D eigenvalue weighted by molar-refractivity contribution is -0.114. The van der Waals surface area contributed by atoms with Crippen LogP contribution in [0.15, 0.2) is 59.7 Å². The highest BCUT2D eigenvalue weighted by molar-refractivity contribution is 6.30. The summed E-state index contributed by atoms with van der Waals surface area (Å²) in [7, 11) is 2.08. The van der Waals surface area contributed by atoms with Gasteiger partial charge >= 0.3 is 0 Å². The second-order valence-corrected chi connectivity index (χ2v) is 7.37. The fourth-order valence-electron chi connectivity index (χ4n) is 3.97.